The molecule has 0 atom stereocenters. The van der Waals surface area contributed by atoms with Gasteiger partial charge in [0.15, 0.2) is 5.82 Å². The van der Waals surface area contributed by atoms with Crippen molar-refractivity contribution in [3.63, 3.8) is 0 Å². The predicted octanol–water partition coefficient (Wildman–Crippen LogP) is 11.7. The third-order valence-electron chi connectivity index (χ3n) is 9.75. The van der Waals surface area contributed by atoms with Crippen LogP contribution in [0.3, 0.4) is 0 Å². The molecular weight excluding hydrogens is 609 g/mol. The Bertz CT molecular complexity index is 2850. The Kier molecular flexibility index (Phi) is 6.46. The number of fused-ring (bicyclic) bond motifs is 5. The number of rotatable bonds is 5. The first-order valence-corrected chi connectivity index (χ1v) is 16.9. The first-order valence-electron chi connectivity index (χ1n) is 16.9. The molecule has 0 fully saturated rings. The van der Waals surface area contributed by atoms with Crippen LogP contribution in [0.15, 0.2) is 182 Å². The summed E-state index contributed by atoms with van der Waals surface area (Å²) in [6.45, 7) is 0. The summed E-state index contributed by atoms with van der Waals surface area (Å²) < 4.78 is 4.64. The van der Waals surface area contributed by atoms with Gasteiger partial charge in [-0.05, 0) is 65.7 Å². The van der Waals surface area contributed by atoms with Crippen molar-refractivity contribution in [3.05, 3.63) is 182 Å². The number of nitrogens with zero attached hydrogens (tertiary/aromatic N) is 4. The van der Waals surface area contributed by atoms with Crippen LogP contribution in [-0.4, -0.2) is 19.1 Å². The van der Waals surface area contributed by atoms with Gasteiger partial charge in [-0.25, -0.2) is 9.97 Å². The van der Waals surface area contributed by atoms with Gasteiger partial charge in [-0.2, -0.15) is 0 Å². The molecule has 0 aliphatic heterocycles. The standard InChI is InChI=1S/C46H30N4/c1-3-12-31(13-4-1)32-22-24-33(25-23-32)45-39-19-7-9-20-41(39)47-46(48-45)35-14-11-17-37(28-35)50-42-21-10-8-18-38(42)40-30-43-34(29-44(40)50)26-27-49(43)36-15-5-2-6-16-36/h1-30H. The maximum atomic E-state index is 5.24. The Morgan fingerprint density at radius 3 is 1.88 bits per heavy atom. The third-order valence-corrected chi connectivity index (χ3v) is 9.75. The van der Waals surface area contributed by atoms with Crippen LogP contribution in [0.25, 0.3) is 88.8 Å². The van der Waals surface area contributed by atoms with Crippen molar-refractivity contribution in [3.8, 4) is 45.1 Å². The number of aromatic nitrogens is 4. The van der Waals surface area contributed by atoms with E-state index >= 15 is 0 Å². The van der Waals surface area contributed by atoms with E-state index in [4.69, 9.17) is 9.97 Å². The smallest absolute Gasteiger partial charge is 0.160 e. The summed E-state index contributed by atoms with van der Waals surface area (Å²) in [7, 11) is 0. The highest BCUT2D eigenvalue weighted by Crippen LogP contribution is 2.37. The van der Waals surface area contributed by atoms with E-state index in [1.807, 2.05) is 12.1 Å². The van der Waals surface area contributed by atoms with Gasteiger partial charge >= 0.3 is 0 Å². The van der Waals surface area contributed by atoms with Gasteiger partial charge in [-0.15, -0.1) is 0 Å². The van der Waals surface area contributed by atoms with Crippen molar-refractivity contribution in [1.29, 1.82) is 0 Å². The zero-order valence-electron chi connectivity index (χ0n) is 27.1. The minimum atomic E-state index is 0.704. The number of para-hydroxylation sites is 3. The second-order valence-electron chi connectivity index (χ2n) is 12.7. The summed E-state index contributed by atoms with van der Waals surface area (Å²) in [4.78, 5) is 10.3. The van der Waals surface area contributed by atoms with Crippen LogP contribution < -0.4 is 0 Å². The van der Waals surface area contributed by atoms with Crippen LogP contribution in [-0.2, 0) is 0 Å². The third kappa shape index (κ3) is 4.61. The molecule has 0 saturated carbocycles. The van der Waals surface area contributed by atoms with Crippen LogP contribution in [0.5, 0.6) is 0 Å². The van der Waals surface area contributed by atoms with E-state index in [0.717, 1.165) is 44.6 Å². The molecular formula is C46H30N4. The van der Waals surface area contributed by atoms with Crippen molar-refractivity contribution in [1.82, 2.24) is 19.1 Å². The van der Waals surface area contributed by atoms with Gasteiger partial charge in [0, 0.05) is 50.2 Å². The molecule has 0 N–H and O–H groups in total. The lowest BCUT2D eigenvalue weighted by Crippen LogP contribution is -1.98. The van der Waals surface area contributed by atoms with Crippen molar-refractivity contribution in [2.75, 3.05) is 0 Å². The van der Waals surface area contributed by atoms with Crippen LogP contribution >= 0.6 is 0 Å². The maximum absolute atomic E-state index is 5.24. The molecule has 3 aromatic heterocycles. The van der Waals surface area contributed by atoms with E-state index < -0.39 is 0 Å². The lowest BCUT2D eigenvalue weighted by molar-refractivity contribution is 1.13. The second-order valence-corrected chi connectivity index (χ2v) is 12.7. The minimum Gasteiger partial charge on any atom is -0.317 e. The number of hydrogen-bond acceptors (Lipinski definition) is 2. The van der Waals surface area contributed by atoms with Crippen molar-refractivity contribution in [2.45, 2.75) is 0 Å². The van der Waals surface area contributed by atoms with Crippen LogP contribution in [0.1, 0.15) is 0 Å². The Labute approximate surface area is 289 Å². The van der Waals surface area contributed by atoms with E-state index in [2.05, 4.69) is 179 Å². The molecule has 4 heteroatoms. The highest BCUT2D eigenvalue weighted by atomic mass is 15.0. The highest BCUT2D eigenvalue weighted by molar-refractivity contribution is 6.13. The van der Waals surface area contributed by atoms with E-state index in [9.17, 15) is 0 Å². The van der Waals surface area contributed by atoms with Crippen molar-refractivity contribution in [2.24, 2.45) is 0 Å². The molecule has 50 heavy (non-hydrogen) atoms. The monoisotopic (exact) mass is 638 g/mol. The average molecular weight is 639 g/mol. The molecule has 0 bridgehead atoms. The summed E-state index contributed by atoms with van der Waals surface area (Å²) >= 11 is 0. The maximum Gasteiger partial charge on any atom is 0.160 e. The van der Waals surface area contributed by atoms with Crippen LogP contribution in [0, 0.1) is 0 Å². The predicted molar refractivity (Wildman–Crippen MR) is 207 cm³/mol. The Hall–Kier alpha value is -6.78. The fraction of sp³-hybridized carbons (Fsp3) is 0. The van der Waals surface area contributed by atoms with E-state index in [-0.39, 0.29) is 0 Å². The summed E-state index contributed by atoms with van der Waals surface area (Å²) in [5.74, 6) is 0.704. The van der Waals surface area contributed by atoms with E-state index in [1.165, 1.54) is 38.3 Å². The Morgan fingerprint density at radius 1 is 0.380 bits per heavy atom. The molecule has 10 aromatic rings. The molecule has 0 unspecified atom stereocenters. The molecule has 0 amide bonds. The Balaban J connectivity index is 1.12. The van der Waals surface area contributed by atoms with Crippen molar-refractivity contribution >= 4 is 43.6 Å². The zero-order valence-corrected chi connectivity index (χ0v) is 27.1. The zero-order chi connectivity index (χ0) is 33.0. The van der Waals surface area contributed by atoms with Crippen LogP contribution in [0.2, 0.25) is 0 Å². The molecule has 0 aliphatic carbocycles. The molecule has 0 aliphatic rings. The molecule has 7 aromatic carbocycles. The molecule has 234 valence electrons. The fourth-order valence-corrected chi connectivity index (χ4v) is 7.35. The number of hydrogen-bond donors (Lipinski definition) is 0. The summed E-state index contributed by atoms with van der Waals surface area (Å²) in [5.41, 5.74) is 12.0. The molecule has 4 nitrogen and oxygen atoms in total. The van der Waals surface area contributed by atoms with Gasteiger partial charge in [0.25, 0.3) is 0 Å². The molecule has 10 rings (SSSR count). The quantitative estimate of drug-likeness (QED) is 0.188. The van der Waals surface area contributed by atoms with Gasteiger partial charge < -0.3 is 9.13 Å². The lowest BCUT2D eigenvalue weighted by atomic mass is 10.0. The molecule has 3 heterocycles. The summed E-state index contributed by atoms with van der Waals surface area (Å²) in [5, 5.41) is 4.67. The summed E-state index contributed by atoms with van der Waals surface area (Å²) in [6, 6.07) is 62.1. The lowest BCUT2D eigenvalue weighted by Gasteiger charge is -2.12. The molecule has 0 spiro atoms. The second kappa shape index (κ2) is 11.4. The van der Waals surface area contributed by atoms with Crippen LogP contribution in [0.4, 0.5) is 0 Å². The highest BCUT2D eigenvalue weighted by Gasteiger charge is 2.17. The van der Waals surface area contributed by atoms with Gasteiger partial charge in [-0.3, -0.25) is 0 Å². The fourth-order valence-electron chi connectivity index (χ4n) is 7.35. The normalized spacial score (nSPS) is 11.6. The number of benzene rings is 7. The van der Waals surface area contributed by atoms with E-state index in [0.29, 0.717) is 5.82 Å². The first kappa shape index (κ1) is 28.3. The Morgan fingerprint density at radius 2 is 1.04 bits per heavy atom. The van der Waals surface area contributed by atoms with Gasteiger partial charge in [0.2, 0.25) is 0 Å². The first-order chi connectivity index (χ1) is 24.8. The molecule has 0 radical (unpaired) electrons. The SMILES string of the molecule is c1ccc(-c2ccc(-c3nc(-c4cccc(-n5c6ccccc6c6cc7c(ccn7-c7ccccc7)cc65)c4)nc4ccccc34)cc2)cc1. The average Bonchev–Trinajstić information content (AvgIpc) is 3.76. The summed E-state index contributed by atoms with van der Waals surface area (Å²) in [6.07, 6.45) is 2.16. The molecule has 0 saturated heterocycles. The van der Waals surface area contributed by atoms with Gasteiger partial charge in [0.05, 0.1) is 27.8 Å². The van der Waals surface area contributed by atoms with Gasteiger partial charge in [0.1, 0.15) is 0 Å². The minimum absolute atomic E-state index is 0.704. The van der Waals surface area contributed by atoms with E-state index in [1.54, 1.807) is 0 Å². The van der Waals surface area contributed by atoms with Crippen molar-refractivity contribution < 1.29 is 0 Å². The largest absolute Gasteiger partial charge is 0.317 e. The topological polar surface area (TPSA) is 35.6 Å². The van der Waals surface area contributed by atoms with Gasteiger partial charge in [-0.1, -0.05) is 121 Å².